The highest BCUT2D eigenvalue weighted by atomic mass is 16.5. The zero-order valence-electron chi connectivity index (χ0n) is 14.2. The second-order valence-electron chi connectivity index (χ2n) is 6.03. The number of ether oxygens (including phenoxy) is 1. The molecule has 0 aliphatic heterocycles. The monoisotopic (exact) mass is 298 g/mol. The highest BCUT2D eigenvalue weighted by molar-refractivity contribution is 5.49. The van der Waals surface area contributed by atoms with E-state index < -0.39 is 6.10 Å². The van der Waals surface area contributed by atoms with Crippen LogP contribution in [0.4, 0.5) is 5.82 Å². The van der Waals surface area contributed by atoms with E-state index in [1.807, 2.05) is 30.6 Å². The van der Waals surface area contributed by atoms with Gasteiger partial charge in [-0.15, -0.1) is 0 Å². The summed E-state index contributed by atoms with van der Waals surface area (Å²) in [6.45, 7) is 9.03. The number of anilines is 1. The van der Waals surface area contributed by atoms with Crippen molar-refractivity contribution < 1.29 is 9.84 Å². The lowest BCUT2D eigenvalue weighted by Gasteiger charge is -2.24. The molecule has 0 fully saturated rings. The first kappa shape index (κ1) is 17.9. The molecular weight excluding hydrogens is 268 g/mol. The largest absolute Gasteiger partial charge is 0.389 e. The minimum Gasteiger partial charge on any atom is -0.389 e. The molecule has 2 N–H and O–H groups in total. The lowest BCUT2D eigenvalue weighted by Crippen LogP contribution is -2.34. The van der Waals surface area contributed by atoms with Gasteiger partial charge in [-0.2, -0.15) is 5.10 Å². The van der Waals surface area contributed by atoms with Gasteiger partial charge in [-0.3, -0.25) is 4.68 Å². The first-order valence-electron chi connectivity index (χ1n) is 7.48. The third kappa shape index (κ3) is 5.30. The summed E-state index contributed by atoms with van der Waals surface area (Å²) in [7, 11) is 5.51. The van der Waals surface area contributed by atoms with E-state index in [9.17, 15) is 5.11 Å². The number of hydrogen-bond acceptors (Lipinski definition) is 5. The first-order chi connectivity index (χ1) is 9.86. The molecule has 0 amide bonds. The number of hydrogen-bond donors (Lipinski definition) is 2. The van der Waals surface area contributed by atoms with Crippen molar-refractivity contribution >= 4 is 5.82 Å². The van der Waals surface area contributed by atoms with Gasteiger partial charge in [-0.1, -0.05) is 13.8 Å². The number of aliphatic hydroxyl groups is 1. The lowest BCUT2D eigenvalue weighted by atomic mass is 10.2. The van der Waals surface area contributed by atoms with E-state index in [2.05, 4.69) is 24.3 Å². The molecule has 1 rings (SSSR count). The van der Waals surface area contributed by atoms with Crippen LogP contribution >= 0.6 is 0 Å². The zero-order valence-corrected chi connectivity index (χ0v) is 14.2. The van der Waals surface area contributed by atoms with E-state index in [0.717, 1.165) is 24.6 Å². The summed E-state index contributed by atoms with van der Waals surface area (Å²) in [4.78, 5) is 2.04. The number of nitrogens with one attached hydrogen (secondary N) is 1. The zero-order chi connectivity index (χ0) is 16.0. The van der Waals surface area contributed by atoms with Gasteiger partial charge in [0.25, 0.3) is 0 Å². The van der Waals surface area contributed by atoms with E-state index in [1.54, 1.807) is 7.11 Å². The van der Waals surface area contributed by atoms with Crippen molar-refractivity contribution in [2.75, 3.05) is 38.8 Å². The van der Waals surface area contributed by atoms with Crippen molar-refractivity contribution in [2.45, 2.75) is 33.4 Å². The number of aliphatic hydroxyl groups excluding tert-OH is 1. The predicted octanol–water partition coefficient (Wildman–Crippen LogP) is 0.918. The van der Waals surface area contributed by atoms with Crippen molar-refractivity contribution in [3.8, 4) is 0 Å². The fourth-order valence-electron chi connectivity index (χ4n) is 2.51. The Balaban J connectivity index is 2.79. The summed E-state index contributed by atoms with van der Waals surface area (Å²) in [5, 5.41) is 17.9. The van der Waals surface area contributed by atoms with E-state index in [0.29, 0.717) is 19.1 Å². The molecule has 0 aromatic carbocycles. The Morgan fingerprint density at radius 3 is 2.67 bits per heavy atom. The summed E-state index contributed by atoms with van der Waals surface area (Å²) in [6.07, 6.45) is -0.508. The molecule has 21 heavy (non-hydrogen) atoms. The number of rotatable bonds is 9. The third-order valence-electron chi connectivity index (χ3n) is 3.37. The van der Waals surface area contributed by atoms with Crippen molar-refractivity contribution in [3.63, 3.8) is 0 Å². The highest BCUT2D eigenvalue weighted by Gasteiger charge is 2.18. The Morgan fingerprint density at radius 1 is 1.43 bits per heavy atom. The molecule has 0 saturated heterocycles. The molecule has 0 aliphatic rings. The SMILES string of the molecule is COCC(O)CN(C)c1c(CNCC(C)C)c(C)nn1C. The van der Waals surface area contributed by atoms with Crippen molar-refractivity contribution in [1.29, 1.82) is 0 Å². The minimum absolute atomic E-state index is 0.335. The first-order valence-corrected chi connectivity index (χ1v) is 7.48. The maximum atomic E-state index is 9.91. The second-order valence-corrected chi connectivity index (χ2v) is 6.03. The number of likely N-dealkylation sites (N-methyl/N-ethyl adjacent to an activating group) is 1. The van der Waals surface area contributed by atoms with Gasteiger partial charge in [0, 0.05) is 39.9 Å². The Morgan fingerprint density at radius 2 is 2.10 bits per heavy atom. The third-order valence-corrected chi connectivity index (χ3v) is 3.37. The van der Waals surface area contributed by atoms with Gasteiger partial charge in [0.05, 0.1) is 18.4 Å². The summed E-state index contributed by atoms with van der Waals surface area (Å²) >= 11 is 0. The summed E-state index contributed by atoms with van der Waals surface area (Å²) in [5.74, 6) is 1.66. The molecule has 0 saturated carbocycles. The van der Waals surface area contributed by atoms with E-state index in [4.69, 9.17) is 4.74 Å². The molecule has 0 bridgehead atoms. The smallest absolute Gasteiger partial charge is 0.131 e. The standard InChI is InChI=1S/C15H30N4O2/c1-11(2)7-16-8-14-12(3)17-19(5)15(14)18(4)9-13(20)10-21-6/h11,13,16,20H,7-10H2,1-6H3. The fourth-order valence-corrected chi connectivity index (χ4v) is 2.51. The number of aryl methyl sites for hydroxylation is 2. The van der Waals surface area contributed by atoms with Gasteiger partial charge in [-0.05, 0) is 19.4 Å². The molecule has 6 heteroatoms. The molecule has 0 radical (unpaired) electrons. The second kappa shape index (κ2) is 8.36. The summed E-state index contributed by atoms with van der Waals surface area (Å²) in [6, 6.07) is 0. The van der Waals surface area contributed by atoms with Gasteiger partial charge in [0.15, 0.2) is 0 Å². The Kier molecular flexibility index (Phi) is 7.14. The van der Waals surface area contributed by atoms with Crippen molar-refractivity contribution in [1.82, 2.24) is 15.1 Å². The number of aromatic nitrogens is 2. The Hall–Kier alpha value is -1.11. The molecular formula is C15H30N4O2. The Bertz CT molecular complexity index is 432. The average Bonchev–Trinajstić information content (AvgIpc) is 2.64. The molecule has 1 aromatic rings. The number of nitrogens with zero attached hydrogens (tertiary/aromatic N) is 3. The van der Waals surface area contributed by atoms with Crippen LogP contribution in [-0.4, -0.2) is 54.8 Å². The minimum atomic E-state index is -0.508. The van der Waals surface area contributed by atoms with Gasteiger partial charge in [0.2, 0.25) is 0 Å². The van der Waals surface area contributed by atoms with Crippen LogP contribution in [-0.2, 0) is 18.3 Å². The van der Waals surface area contributed by atoms with Crippen LogP contribution in [0.25, 0.3) is 0 Å². The maximum absolute atomic E-state index is 9.91. The molecule has 122 valence electrons. The summed E-state index contributed by atoms with van der Waals surface area (Å²) < 4.78 is 6.86. The van der Waals surface area contributed by atoms with Gasteiger partial charge < -0.3 is 20.1 Å². The predicted molar refractivity (Wildman–Crippen MR) is 85.6 cm³/mol. The highest BCUT2D eigenvalue weighted by Crippen LogP contribution is 2.22. The van der Waals surface area contributed by atoms with Crippen LogP contribution in [0.5, 0.6) is 0 Å². The van der Waals surface area contributed by atoms with E-state index in [1.165, 1.54) is 5.56 Å². The molecule has 1 atom stereocenters. The van der Waals surface area contributed by atoms with Gasteiger partial charge >= 0.3 is 0 Å². The van der Waals surface area contributed by atoms with E-state index >= 15 is 0 Å². The van der Waals surface area contributed by atoms with Crippen LogP contribution < -0.4 is 10.2 Å². The maximum Gasteiger partial charge on any atom is 0.131 e. The van der Waals surface area contributed by atoms with Gasteiger partial charge in [0.1, 0.15) is 5.82 Å². The van der Waals surface area contributed by atoms with Gasteiger partial charge in [-0.25, -0.2) is 0 Å². The lowest BCUT2D eigenvalue weighted by molar-refractivity contribution is 0.0693. The molecule has 1 unspecified atom stereocenters. The fraction of sp³-hybridized carbons (Fsp3) is 0.800. The molecule has 1 heterocycles. The number of methoxy groups -OCH3 is 1. The van der Waals surface area contributed by atoms with Crippen LogP contribution in [0.1, 0.15) is 25.1 Å². The van der Waals surface area contributed by atoms with Crippen LogP contribution in [0.15, 0.2) is 0 Å². The van der Waals surface area contributed by atoms with Crippen LogP contribution in [0, 0.1) is 12.8 Å². The normalized spacial score (nSPS) is 13.0. The van der Waals surface area contributed by atoms with E-state index in [-0.39, 0.29) is 0 Å². The molecule has 0 spiro atoms. The quantitative estimate of drug-likeness (QED) is 0.710. The van der Waals surface area contributed by atoms with Crippen LogP contribution in [0.3, 0.4) is 0 Å². The van der Waals surface area contributed by atoms with Crippen molar-refractivity contribution in [3.05, 3.63) is 11.3 Å². The van der Waals surface area contributed by atoms with Crippen LogP contribution in [0.2, 0.25) is 0 Å². The summed E-state index contributed by atoms with van der Waals surface area (Å²) in [5.41, 5.74) is 2.21. The molecule has 0 aliphatic carbocycles. The Labute approximate surface area is 128 Å². The topological polar surface area (TPSA) is 62.6 Å². The van der Waals surface area contributed by atoms with Crippen molar-refractivity contribution in [2.24, 2.45) is 13.0 Å². The molecule has 1 aromatic heterocycles. The average molecular weight is 298 g/mol. The molecule has 6 nitrogen and oxygen atoms in total.